The number of nitrogens with one attached hydrogen (secondary N) is 1. The highest BCUT2D eigenvalue weighted by Gasteiger charge is 2.08. The van der Waals surface area contributed by atoms with Gasteiger partial charge < -0.3 is 10.1 Å². The van der Waals surface area contributed by atoms with Crippen molar-refractivity contribution in [2.45, 2.75) is 0 Å². The Balaban J connectivity index is 0.000000422. The lowest BCUT2D eigenvalue weighted by Gasteiger charge is -2.09. The molecule has 0 heterocycles. The smallest absolute Gasteiger partial charge is 0.317 e. The van der Waals surface area contributed by atoms with Gasteiger partial charge in [0.05, 0.1) is 12.8 Å². The minimum Gasteiger partial charge on any atom is -0.495 e. The van der Waals surface area contributed by atoms with Crippen molar-refractivity contribution in [3.8, 4) is 5.75 Å². The first-order valence-electron chi connectivity index (χ1n) is 5.95. The van der Waals surface area contributed by atoms with E-state index in [-0.39, 0.29) is 5.91 Å². The van der Waals surface area contributed by atoms with Crippen molar-refractivity contribution in [1.29, 1.82) is 0 Å². The number of benzene rings is 2. The number of hydrogen-bond acceptors (Lipinski definition) is 4. The van der Waals surface area contributed by atoms with E-state index in [9.17, 15) is 4.79 Å². The first-order valence-corrected chi connectivity index (χ1v) is 9.08. The Labute approximate surface area is 137 Å². The fourth-order valence-electron chi connectivity index (χ4n) is 1.53. The number of anilines is 1. The van der Waals surface area contributed by atoms with Gasteiger partial charge in [0.15, 0.2) is 0 Å². The standard InChI is InChI=1S/C14H13NO2.Cl2O2S/c1-17-13-10-6-5-9-12(13)15-14(16)11-7-3-2-4-8-11;1-5(2,3)4/h2-10H,1H3,(H,15,16);. The summed E-state index contributed by atoms with van der Waals surface area (Å²) >= 11 is 0. The van der Waals surface area contributed by atoms with E-state index in [0.717, 1.165) is 0 Å². The number of para-hydroxylation sites is 2. The maximum atomic E-state index is 11.9. The van der Waals surface area contributed by atoms with Gasteiger partial charge in [-0.1, -0.05) is 30.3 Å². The number of carbonyl (C=O) groups is 1. The molecule has 5 nitrogen and oxygen atoms in total. The number of halogens is 2. The van der Waals surface area contributed by atoms with Crippen LogP contribution < -0.4 is 10.1 Å². The molecule has 0 radical (unpaired) electrons. The van der Waals surface area contributed by atoms with Gasteiger partial charge in [-0.2, -0.15) is 8.42 Å². The normalized spacial score (nSPS) is 10.1. The number of methoxy groups -OCH3 is 1. The van der Waals surface area contributed by atoms with Gasteiger partial charge in [0.1, 0.15) is 5.75 Å². The molecule has 118 valence electrons. The summed E-state index contributed by atoms with van der Waals surface area (Å²) in [5, 5.41) is 2.81. The minimum atomic E-state index is -3.72. The van der Waals surface area contributed by atoms with Crippen LogP contribution >= 0.6 is 21.4 Å². The number of amides is 1. The van der Waals surface area contributed by atoms with Crippen LogP contribution in [0.25, 0.3) is 0 Å². The Kier molecular flexibility index (Phi) is 7.17. The molecule has 0 aromatic heterocycles. The Hall–Kier alpha value is -1.76. The topological polar surface area (TPSA) is 72.5 Å². The third-order valence-corrected chi connectivity index (χ3v) is 2.39. The number of hydrogen-bond donors (Lipinski definition) is 1. The molecule has 2 aromatic rings. The molecule has 2 rings (SSSR count). The molecule has 0 spiro atoms. The zero-order valence-electron chi connectivity index (χ0n) is 11.5. The van der Waals surface area contributed by atoms with Crippen molar-refractivity contribution < 1.29 is 17.9 Å². The summed E-state index contributed by atoms with van der Waals surface area (Å²) in [5.74, 6) is 0.506. The van der Waals surface area contributed by atoms with Crippen LogP contribution in [-0.2, 0) is 8.26 Å². The number of carbonyl (C=O) groups excluding carboxylic acids is 1. The molecule has 22 heavy (non-hydrogen) atoms. The summed E-state index contributed by atoms with van der Waals surface area (Å²) in [5.41, 5.74) is 1.29. The van der Waals surface area contributed by atoms with Gasteiger partial charge in [-0.25, -0.2) is 0 Å². The summed E-state index contributed by atoms with van der Waals surface area (Å²) in [6.45, 7) is 0. The highest BCUT2D eigenvalue weighted by Crippen LogP contribution is 2.23. The first-order chi connectivity index (χ1) is 10.3. The second-order valence-electron chi connectivity index (χ2n) is 3.90. The van der Waals surface area contributed by atoms with Crippen LogP contribution in [-0.4, -0.2) is 21.4 Å². The van der Waals surface area contributed by atoms with Crippen molar-refractivity contribution in [2.75, 3.05) is 12.4 Å². The van der Waals surface area contributed by atoms with E-state index >= 15 is 0 Å². The molecule has 0 aliphatic heterocycles. The summed E-state index contributed by atoms with van der Waals surface area (Å²) in [4.78, 5) is 11.9. The first kappa shape index (κ1) is 18.3. The quantitative estimate of drug-likeness (QED) is 0.846. The van der Waals surface area contributed by atoms with Gasteiger partial charge in [-0.3, -0.25) is 4.79 Å². The summed E-state index contributed by atoms with van der Waals surface area (Å²) in [7, 11) is 6.39. The SMILES string of the molecule is COc1ccccc1NC(=O)c1ccccc1.O=S(=O)(Cl)Cl. The predicted octanol–water partition coefficient (Wildman–Crippen LogP) is 3.66. The Bertz CT molecular complexity index is 713. The van der Waals surface area contributed by atoms with Gasteiger partial charge in [-0.05, 0) is 24.3 Å². The highest BCUT2D eigenvalue weighted by atomic mass is 36.0. The second-order valence-corrected chi connectivity index (χ2v) is 7.57. The van der Waals surface area contributed by atoms with Crippen LogP contribution in [0.3, 0.4) is 0 Å². The van der Waals surface area contributed by atoms with Gasteiger partial charge in [-0.15, -0.1) is 0 Å². The molecule has 1 N–H and O–H groups in total. The number of rotatable bonds is 3. The molecular weight excluding hydrogens is 349 g/mol. The van der Waals surface area contributed by atoms with Crippen molar-refractivity contribution >= 4 is 41.2 Å². The molecule has 0 bridgehead atoms. The zero-order valence-corrected chi connectivity index (χ0v) is 13.8. The van der Waals surface area contributed by atoms with Crippen LogP contribution in [0.1, 0.15) is 10.4 Å². The Morgan fingerprint density at radius 1 is 1.00 bits per heavy atom. The number of ether oxygens (including phenoxy) is 1. The zero-order chi connectivity index (χ0) is 16.6. The highest BCUT2D eigenvalue weighted by molar-refractivity contribution is 8.31. The van der Waals surface area contributed by atoms with E-state index in [2.05, 4.69) is 26.7 Å². The van der Waals surface area contributed by atoms with Crippen molar-refractivity contribution in [1.82, 2.24) is 0 Å². The van der Waals surface area contributed by atoms with E-state index in [1.807, 2.05) is 30.3 Å². The van der Waals surface area contributed by atoms with E-state index in [1.165, 1.54) is 0 Å². The maximum Gasteiger partial charge on any atom is 0.317 e. The molecule has 0 saturated heterocycles. The summed E-state index contributed by atoms with van der Waals surface area (Å²) < 4.78 is 23.5. The molecular formula is C14H13Cl2NO4S. The fraction of sp³-hybridized carbons (Fsp3) is 0.0714. The van der Waals surface area contributed by atoms with Gasteiger partial charge in [0.25, 0.3) is 5.91 Å². The monoisotopic (exact) mass is 361 g/mol. The molecule has 0 atom stereocenters. The van der Waals surface area contributed by atoms with Crippen LogP contribution in [0.2, 0.25) is 0 Å². The predicted molar refractivity (Wildman–Crippen MR) is 88.0 cm³/mol. The van der Waals surface area contributed by atoms with Gasteiger partial charge >= 0.3 is 8.26 Å². The van der Waals surface area contributed by atoms with E-state index in [1.54, 1.807) is 31.4 Å². The minimum absolute atomic E-state index is 0.143. The molecule has 1 amide bonds. The molecule has 0 aliphatic rings. The Morgan fingerprint density at radius 2 is 1.50 bits per heavy atom. The fourth-order valence-corrected chi connectivity index (χ4v) is 1.53. The third-order valence-electron chi connectivity index (χ3n) is 2.39. The lowest BCUT2D eigenvalue weighted by Crippen LogP contribution is -2.12. The summed E-state index contributed by atoms with van der Waals surface area (Å²) in [6.07, 6.45) is 0. The average Bonchev–Trinajstić information content (AvgIpc) is 2.47. The van der Waals surface area contributed by atoms with Crippen LogP contribution in [0.15, 0.2) is 54.6 Å². The second kappa shape index (κ2) is 8.63. The molecule has 0 fully saturated rings. The van der Waals surface area contributed by atoms with E-state index in [4.69, 9.17) is 13.2 Å². The molecule has 2 aromatic carbocycles. The average molecular weight is 362 g/mol. The molecule has 0 unspecified atom stereocenters. The Morgan fingerprint density at radius 3 is 2.05 bits per heavy atom. The largest absolute Gasteiger partial charge is 0.495 e. The summed E-state index contributed by atoms with van der Waals surface area (Å²) in [6, 6.07) is 16.4. The van der Waals surface area contributed by atoms with Gasteiger partial charge in [0, 0.05) is 26.9 Å². The van der Waals surface area contributed by atoms with Crippen LogP contribution in [0, 0.1) is 0 Å². The van der Waals surface area contributed by atoms with Crippen molar-refractivity contribution in [2.24, 2.45) is 0 Å². The maximum absolute atomic E-state index is 11.9. The lowest BCUT2D eigenvalue weighted by atomic mass is 10.2. The molecule has 0 aliphatic carbocycles. The van der Waals surface area contributed by atoms with Crippen molar-refractivity contribution in [3.63, 3.8) is 0 Å². The third kappa shape index (κ3) is 7.31. The molecule has 8 heteroatoms. The van der Waals surface area contributed by atoms with Crippen LogP contribution in [0.5, 0.6) is 5.75 Å². The van der Waals surface area contributed by atoms with Crippen molar-refractivity contribution in [3.05, 3.63) is 60.2 Å². The van der Waals surface area contributed by atoms with E-state index in [0.29, 0.717) is 17.0 Å². The lowest BCUT2D eigenvalue weighted by molar-refractivity contribution is 0.102. The van der Waals surface area contributed by atoms with Crippen LogP contribution in [0.4, 0.5) is 5.69 Å². The van der Waals surface area contributed by atoms with E-state index < -0.39 is 8.26 Å². The molecule has 0 saturated carbocycles. The van der Waals surface area contributed by atoms with Gasteiger partial charge in [0.2, 0.25) is 0 Å².